The van der Waals surface area contributed by atoms with Crippen molar-refractivity contribution in [3.8, 4) is 11.5 Å². The molecular weight excluding hydrogens is 383 g/mol. The molecule has 0 bridgehead atoms. The Morgan fingerprint density at radius 3 is 2.40 bits per heavy atom. The first-order valence-electron chi connectivity index (χ1n) is 7.43. The molecule has 2 aromatic carbocycles. The van der Waals surface area contributed by atoms with Gasteiger partial charge in [0.1, 0.15) is 0 Å². The average Bonchev–Trinajstić information content (AvgIpc) is 3.00. The molecule has 130 valence electrons. The SMILES string of the molecule is CCNc1oc(-c2ccccc2Cl)nc1S(=O)(=O)c1ccc(Cl)cc1. The fourth-order valence-corrected chi connectivity index (χ4v) is 3.86. The van der Waals surface area contributed by atoms with Crippen molar-refractivity contribution >= 4 is 38.9 Å². The monoisotopic (exact) mass is 396 g/mol. The lowest BCUT2D eigenvalue weighted by atomic mass is 10.2. The zero-order valence-corrected chi connectivity index (χ0v) is 15.5. The van der Waals surface area contributed by atoms with Gasteiger partial charge in [0, 0.05) is 11.6 Å². The highest BCUT2D eigenvalue weighted by molar-refractivity contribution is 7.91. The van der Waals surface area contributed by atoms with Gasteiger partial charge in [-0.3, -0.25) is 0 Å². The highest BCUT2D eigenvalue weighted by Crippen LogP contribution is 2.35. The molecule has 0 atom stereocenters. The number of hydrogen-bond acceptors (Lipinski definition) is 5. The van der Waals surface area contributed by atoms with E-state index in [9.17, 15) is 8.42 Å². The van der Waals surface area contributed by atoms with Crippen LogP contribution in [0.1, 0.15) is 6.92 Å². The zero-order valence-electron chi connectivity index (χ0n) is 13.2. The van der Waals surface area contributed by atoms with Crippen molar-refractivity contribution in [3.05, 3.63) is 58.6 Å². The molecule has 0 saturated heterocycles. The van der Waals surface area contributed by atoms with Crippen LogP contribution < -0.4 is 5.32 Å². The highest BCUT2D eigenvalue weighted by Gasteiger charge is 2.28. The van der Waals surface area contributed by atoms with Crippen LogP contribution in [0.4, 0.5) is 5.88 Å². The average molecular weight is 397 g/mol. The summed E-state index contributed by atoms with van der Waals surface area (Å²) in [6, 6.07) is 12.8. The number of benzene rings is 2. The summed E-state index contributed by atoms with van der Waals surface area (Å²) in [5.41, 5.74) is 0.515. The van der Waals surface area contributed by atoms with E-state index < -0.39 is 9.84 Å². The van der Waals surface area contributed by atoms with Gasteiger partial charge in [-0.1, -0.05) is 35.3 Å². The van der Waals surface area contributed by atoms with Crippen molar-refractivity contribution < 1.29 is 12.8 Å². The van der Waals surface area contributed by atoms with Crippen LogP contribution in [0, 0.1) is 0 Å². The Morgan fingerprint density at radius 2 is 1.76 bits per heavy atom. The second-order valence-electron chi connectivity index (χ2n) is 5.12. The molecule has 0 amide bonds. The fraction of sp³-hybridized carbons (Fsp3) is 0.118. The van der Waals surface area contributed by atoms with E-state index in [1.807, 2.05) is 6.92 Å². The molecule has 3 aromatic rings. The highest BCUT2D eigenvalue weighted by atomic mass is 35.5. The smallest absolute Gasteiger partial charge is 0.233 e. The van der Waals surface area contributed by atoms with Crippen molar-refractivity contribution in [1.29, 1.82) is 0 Å². The molecule has 0 spiro atoms. The lowest BCUT2D eigenvalue weighted by Gasteiger charge is -2.04. The number of nitrogens with zero attached hydrogens (tertiary/aromatic N) is 1. The molecule has 5 nitrogen and oxygen atoms in total. The van der Waals surface area contributed by atoms with Crippen LogP contribution in [-0.2, 0) is 9.84 Å². The van der Waals surface area contributed by atoms with Crippen molar-refractivity contribution in [2.75, 3.05) is 11.9 Å². The maximum atomic E-state index is 12.9. The molecule has 3 rings (SSSR count). The number of anilines is 1. The van der Waals surface area contributed by atoms with E-state index in [1.54, 1.807) is 24.3 Å². The van der Waals surface area contributed by atoms with Crippen LogP contribution in [0.25, 0.3) is 11.5 Å². The second kappa shape index (κ2) is 7.07. The largest absolute Gasteiger partial charge is 0.419 e. The maximum absolute atomic E-state index is 12.9. The molecule has 1 aromatic heterocycles. The first kappa shape index (κ1) is 17.8. The number of aromatic nitrogens is 1. The van der Waals surface area contributed by atoms with Crippen LogP contribution in [0.3, 0.4) is 0 Å². The topological polar surface area (TPSA) is 72.2 Å². The summed E-state index contributed by atoms with van der Waals surface area (Å²) >= 11 is 12.0. The van der Waals surface area contributed by atoms with Crippen LogP contribution in [-0.4, -0.2) is 19.9 Å². The Balaban J connectivity index is 2.15. The molecule has 0 unspecified atom stereocenters. The Hall–Kier alpha value is -2.02. The Morgan fingerprint density at radius 1 is 1.08 bits per heavy atom. The molecule has 0 fully saturated rings. The number of halogens is 2. The summed E-state index contributed by atoms with van der Waals surface area (Å²) in [5, 5.41) is 3.57. The standard InChI is InChI=1S/C17H14Cl2N2O3S/c1-2-20-16-17(25(22,23)12-9-7-11(18)8-10-12)21-15(24-16)13-5-3-4-6-14(13)19/h3-10,20H,2H2,1H3. The van der Waals surface area contributed by atoms with E-state index in [2.05, 4.69) is 10.3 Å². The molecule has 0 aliphatic carbocycles. The summed E-state index contributed by atoms with van der Waals surface area (Å²) in [5.74, 6) is 0.210. The third kappa shape index (κ3) is 3.51. The second-order valence-corrected chi connectivity index (χ2v) is 7.83. The van der Waals surface area contributed by atoms with E-state index in [-0.39, 0.29) is 21.7 Å². The number of sulfone groups is 1. The first-order valence-corrected chi connectivity index (χ1v) is 9.67. The molecule has 1 N–H and O–H groups in total. The van der Waals surface area contributed by atoms with E-state index in [4.69, 9.17) is 27.6 Å². The lowest BCUT2D eigenvalue weighted by molar-refractivity contribution is 0.578. The predicted molar refractivity (Wildman–Crippen MR) is 98.0 cm³/mol. The van der Waals surface area contributed by atoms with Gasteiger partial charge in [-0.05, 0) is 43.3 Å². The number of rotatable bonds is 5. The molecule has 25 heavy (non-hydrogen) atoms. The summed E-state index contributed by atoms with van der Waals surface area (Å²) in [6.45, 7) is 2.30. The summed E-state index contributed by atoms with van der Waals surface area (Å²) < 4.78 is 31.5. The summed E-state index contributed by atoms with van der Waals surface area (Å²) in [4.78, 5) is 4.27. The van der Waals surface area contributed by atoms with E-state index in [0.717, 1.165) is 0 Å². The molecule has 8 heteroatoms. The predicted octanol–water partition coefficient (Wildman–Crippen LogP) is 4.91. The van der Waals surface area contributed by atoms with Crippen LogP contribution in [0.2, 0.25) is 10.0 Å². The van der Waals surface area contributed by atoms with Gasteiger partial charge < -0.3 is 9.73 Å². The van der Waals surface area contributed by atoms with Gasteiger partial charge in [0.05, 0.1) is 15.5 Å². The maximum Gasteiger partial charge on any atom is 0.233 e. The van der Waals surface area contributed by atoms with Gasteiger partial charge >= 0.3 is 0 Å². The molecule has 0 aliphatic heterocycles. The van der Waals surface area contributed by atoms with Gasteiger partial charge in [0.25, 0.3) is 0 Å². The molecule has 1 heterocycles. The Labute approximate surface area is 155 Å². The number of hydrogen-bond donors (Lipinski definition) is 1. The minimum atomic E-state index is -3.88. The summed E-state index contributed by atoms with van der Waals surface area (Å²) in [6.07, 6.45) is 0. The molecule has 0 aliphatic rings. The Kier molecular flexibility index (Phi) is 5.03. The van der Waals surface area contributed by atoms with Crippen molar-refractivity contribution in [1.82, 2.24) is 4.98 Å². The minimum Gasteiger partial charge on any atom is -0.419 e. The van der Waals surface area contributed by atoms with Crippen molar-refractivity contribution in [2.24, 2.45) is 0 Å². The van der Waals surface area contributed by atoms with Crippen LogP contribution in [0.15, 0.2) is 62.9 Å². The minimum absolute atomic E-state index is 0.0763. The van der Waals surface area contributed by atoms with Crippen molar-refractivity contribution in [2.45, 2.75) is 16.8 Å². The Bertz CT molecular complexity index is 999. The molecule has 0 radical (unpaired) electrons. The van der Waals surface area contributed by atoms with Crippen molar-refractivity contribution in [3.63, 3.8) is 0 Å². The van der Waals surface area contributed by atoms with Gasteiger partial charge in [-0.15, -0.1) is 0 Å². The molecule has 0 saturated carbocycles. The quantitative estimate of drug-likeness (QED) is 0.662. The number of nitrogens with one attached hydrogen (secondary N) is 1. The van der Waals surface area contributed by atoms with Gasteiger partial charge in [0.2, 0.25) is 26.6 Å². The van der Waals surface area contributed by atoms with Crippen LogP contribution >= 0.6 is 23.2 Å². The van der Waals surface area contributed by atoms with E-state index in [1.165, 1.54) is 24.3 Å². The third-order valence-electron chi connectivity index (χ3n) is 3.42. The summed E-state index contributed by atoms with van der Waals surface area (Å²) in [7, 11) is -3.88. The number of oxazole rings is 1. The van der Waals surface area contributed by atoms with Gasteiger partial charge in [-0.25, -0.2) is 8.42 Å². The first-order chi connectivity index (χ1) is 11.9. The third-order valence-corrected chi connectivity index (χ3v) is 5.68. The lowest BCUT2D eigenvalue weighted by Crippen LogP contribution is -2.07. The van der Waals surface area contributed by atoms with Gasteiger partial charge in [-0.2, -0.15) is 4.98 Å². The van der Waals surface area contributed by atoms with Crippen LogP contribution in [0.5, 0.6) is 0 Å². The fourth-order valence-electron chi connectivity index (χ4n) is 2.24. The molecular formula is C17H14Cl2N2O3S. The van der Waals surface area contributed by atoms with E-state index in [0.29, 0.717) is 22.2 Å². The zero-order chi connectivity index (χ0) is 18.0. The normalized spacial score (nSPS) is 11.5. The van der Waals surface area contributed by atoms with Gasteiger partial charge in [0.15, 0.2) is 0 Å². The van der Waals surface area contributed by atoms with E-state index >= 15 is 0 Å².